The van der Waals surface area contributed by atoms with E-state index in [2.05, 4.69) is 23.0 Å². The average Bonchev–Trinajstić information content (AvgIpc) is 2.55. The summed E-state index contributed by atoms with van der Waals surface area (Å²) in [5, 5.41) is 0. The lowest BCUT2D eigenvalue weighted by Gasteiger charge is -2.08. The fourth-order valence-corrected chi connectivity index (χ4v) is 2.40. The molecule has 0 radical (unpaired) electrons. The SMILES string of the molecule is CCc1ccccc1-c1nc(-c2ccccc2)cc(=O)[nH]1. The van der Waals surface area contributed by atoms with Gasteiger partial charge in [0.2, 0.25) is 0 Å². The van der Waals surface area contributed by atoms with Crippen LogP contribution in [-0.2, 0) is 6.42 Å². The zero-order chi connectivity index (χ0) is 14.7. The number of aromatic amines is 1. The van der Waals surface area contributed by atoms with E-state index in [0.717, 1.165) is 17.5 Å². The van der Waals surface area contributed by atoms with E-state index in [1.807, 2.05) is 48.5 Å². The van der Waals surface area contributed by atoms with Crippen LogP contribution in [0.25, 0.3) is 22.6 Å². The van der Waals surface area contributed by atoms with Crippen molar-refractivity contribution >= 4 is 0 Å². The summed E-state index contributed by atoms with van der Waals surface area (Å²) in [5.41, 5.74) is 3.66. The summed E-state index contributed by atoms with van der Waals surface area (Å²) in [5.74, 6) is 0.624. The molecule has 1 aromatic heterocycles. The monoisotopic (exact) mass is 276 g/mol. The number of hydrogen-bond donors (Lipinski definition) is 1. The quantitative estimate of drug-likeness (QED) is 0.793. The molecule has 0 aliphatic heterocycles. The largest absolute Gasteiger partial charge is 0.306 e. The van der Waals surface area contributed by atoms with E-state index < -0.39 is 0 Å². The van der Waals surface area contributed by atoms with Gasteiger partial charge in [-0.3, -0.25) is 4.79 Å². The second kappa shape index (κ2) is 5.75. The Labute approximate surface area is 123 Å². The molecule has 0 spiro atoms. The highest BCUT2D eigenvalue weighted by atomic mass is 16.1. The van der Waals surface area contributed by atoms with Crippen molar-refractivity contribution in [2.45, 2.75) is 13.3 Å². The Kier molecular flexibility index (Phi) is 3.65. The summed E-state index contributed by atoms with van der Waals surface area (Å²) < 4.78 is 0. The molecule has 21 heavy (non-hydrogen) atoms. The van der Waals surface area contributed by atoms with Crippen LogP contribution < -0.4 is 5.56 Å². The Bertz CT molecular complexity index is 807. The molecule has 3 nitrogen and oxygen atoms in total. The Morgan fingerprint density at radius 3 is 2.48 bits per heavy atom. The fourth-order valence-electron chi connectivity index (χ4n) is 2.40. The van der Waals surface area contributed by atoms with E-state index in [4.69, 9.17) is 0 Å². The van der Waals surface area contributed by atoms with Gasteiger partial charge >= 0.3 is 0 Å². The zero-order valence-corrected chi connectivity index (χ0v) is 11.8. The first-order valence-corrected chi connectivity index (χ1v) is 7.03. The third-order valence-electron chi connectivity index (χ3n) is 3.46. The number of rotatable bonds is 3. The number of benzene rings is 2. The van der Waals surface area contributed by atoms with Crippen molar-refractivity contribution < 1.29 is 0 Å². The van der Waals surface area contributed by atoms with E-state index in [0.29, 0.717) is 11.5 Å². The molecule has 0 amide bonds. The predicted octanol–water partition coefficient (Wildman–Crippen LogP) is 3.67. The maximum Gasteiger partial charge on any atom is 0.251 e. The summed E-state index contributed by atoms with van der Waals surface area (Å²) in [4.78, 5) is 19.4. The summed E-state index contributed by atoms with van der Waals surface area (Å²) in [6.45, 7) is 2.10. The van der Waals surface area contributed by atoms with E-state index in [1.165, 1.54) is 11.6 Å². The Balaban J connectivity index is 2.17. The number of hydrogen-bond acceptors (Lipinski definition) is 2. The Hall–Kier alpha value is -2.68. The summed E-state index contributed by atoms with van der Waals surface area (Å²) in [6, 6.07) is 19.3. The molecule has 0 unspecified atom stereocenters. The van der Waals surface area contributed by atoms with Gasteiger partial charge in [0.25, 0.3) is 5.56 Å². The van der Waals surface area contributed by atoms with E-state index in [-0.39, 0.29) is 5.56 Å². The number of aryl methyl sites for hydroxylation is 1. The van der Waals surface area contributed by atoms with Gasteiger partial charge < -0.3 is 4.98 Å². The van der Waals surface area contributed by atoms with Gasteiger partial charge in [0.05, 0.1) is 5.69 Å². The lowest BCUT2D eigenvalue weighted by Crippen LogP contribution is -2.09. The van der Waals surface area contributed by atoms with Gasteiger partial charge in [-0.05, 0) is 12.0 Å². The van der Waals surface area contributed by atoms with Crippen LogP contribution in [0.5, 0.6) is 0 Å². The van der Waals surface area contributed by atoms with Crippen molar-refractivity contribution in [1.29, 1.82) is 0 Å². The van der Waals surface area contributed by atoms with Gasteiger partial charge in [-0.1, -0.05) is 61.5 Å². The lowest BCUT2D eigenvalue weighted by molar-refractivity contribution is 1.09. The Morgan fingerprint density at radius 2 is 1.71 bits per heavy atom. The first kappa shape index (κ1) is 13.3. The van der Waals surface area contributed by atoms with Gasteiger partial charge in [-0.2, -0.15) is 0 Å². The molecule has 0 saturated heterocycles. The third-order valence-corrected chi connectivity index (χ3v) is 3.46. The molecule has 0 bridgehead atoms. The van der Waals surface area contributed by atoms with Gasteiger partial charge in [0.15, 0.2) is 0 Å². The topological polar surface area (TPSA) is 45.8 Å². The van der Waals surface area contributed by atoms with Crippen LogP contribution in [-0.4, -0.2) is 9.97 Å². The number of nitrogens with zero attached hydrogens (tertiary/aromatic N) is 1. The molecule has 3 heteroatoms. The molecule has 0 saturated carbocycles. The standard InChI is InChI=1S/C18H16N2O/c1-2-13-8-6-7-11-15(13)18-19-16(12-17(21)20-18)14-9-4-3-5-10-14/h3-12H,2H2,1H3,(H,19,20,21). The molecule has 0 aliphatic carbocycles. The first-order valence-electron chi connectivity index (χ1n) is 7.03. The third kappa shape index (κ3) is 2.77. The highest BCUT2D eigenvalue weighted by molar-refractivity contribution is 5.65. The van der Waals surface area contributed by atoms with Crippen molar-refractivity contribution in [3.63, 3.8) is 0 Å². The molecule has 1 heterocycles. The van der Waals surface area contributed by atoms with Gasteiger partial charge in [-0.15, -0.1) is 0 Å². The number of H-pyrrole nitrogens is 1. The molecular formula is C18H16N2O. The molecule has 0 aliphatic rings. The summed E-state index contributed by atoms with van der Waals surface area (Å²) in [7, 11) is 0. The second-order valence-corrected chi connectivity index (χ2v) is 4.86. The molecule has 0 atom stereocenters. The molecular weight excluding hydrogens is 260 g/mol. The van der Waals surface area contributed by atoms with E-state index >= 15 is 0 Å². The van der Waals surface area contributed by atoms with Crippen molar-refractivity contribution in [2.75, 3.05) is 0 Å². The summed E-state index contributed by atoms with van der Waals surface area (Å²) >= 11 is 0. The van der Waals surface area contributed by atoms with Crippen molar-refractivity contribution in [3.8, 4) is 22.6 Å². The van der Waals surface area contributed by atoms with E-state index in [1.54, 1.807) is 0 Å². The van der Waals surface area contributed by atoms with Crippen LogP contribution in [0, 0.1) is 0 Å². The summed E-state index contributed by atoms with van der Waals surface area (Å²) in [6.07, 6.45) is 0.898. The lowest BCUT2D eigenvalue weighted by atomic mass is 10.0. The molecule has 3 rings (SSSR count). The smallest absolute Gasteiger partial charge is 0.251 e. The van der Waals surface area contributed by atoms with E-state index in [9.17, 15) is 4.79 Å². The van der Waals surface area contributed by atoms with Crippen molar-refractivity contribution in [2.24, 2.45) is 0 Å². The van der Waals surface area contributed by atoms with Gasteiger partial charge in [0.1, 0.15) is 5.82 Å². The minimum Gasteiger partial charge on any atom is -0.306 e. The predicted molar refractivity (Wildman–Crippen MR) is 85.1 cm³/mol. The maximum absolute atomic E-state index is 12.0. The zero-order valence-electron chi connectivity index (χ0n) is 11.8. The van der Waals surface area contributed by atoms with Crippen LogP contribution in [0.3, 0.4) is 0 Å². The fraction of sp³-hybridized carbons (Fsp3) is 0.111. The van der Waals surface area contributed by atoms with Gasteiger partial charge in [0, 0.05) is 17.2 Å². The minimum atomic E-state index is -0.134. The number of aromatic nitrogens is 2. The van der Waals surface area contributed by atoms with Crippen molar-refractivity contribution in [1.82, 2.24) is 9.97 Å². The van der Waals surface area contributed by atoms with Crippen molar-refractivity contribution in [3.05, 3.63) is 76.6 Å². The van der Waals surface area contributed by atoms with Crippen LogP contribution in [0.2, 0.25) is 0 Å². The number of nitrogens with one attached hydrogen (secondary N) is 1. The molecule has 0 fully saturated rings. The van der Waals surface area contributed by atoms with Crippen LogP contribution >= 0.6 is 0 Å². The van der Waals surface area contributed by atoms with Crippen LogP contribution in [0.4, 0.5) is 0 Å². The second-order valence-electron chi connectivity index (χ2n) is 4.86. The normalized spacial score (nSPS) is 10.5. The van der Waals surface area contributed by atoms with Gasteiger partial charge in [-0.25, -0.2) is 4.98 Å². The minimum absolute atomic E-state index is 0.134. The Morgan fingerprint density at radius 1 is 1.00 bits per heavy atom. The molecule has 3 aromatic rings. The van der Waals surface area contributed by atoms with Crippen LogP contribution in [0.1, 0.15) is 12.5 Å². The molecule has 1 N–H and O–H groups in total. The maximum atomic E-state index is 12.0. The van der Waals surface area contributed by atoms with Crippen LogP contribution in [0.15, 0.2) is 65.5 Å². The average molecular weight is 276 g/mol. The first-order chi connectivity index (χ1) is 10.3. The highest BCUT2D eigenvalue weighted by Gasteiger charge is 2.08. The molecule has 104 valence electrons. The molecule has 2 aromatic carbocycles. The highest BCUT2D eigenvalue weighted by Crippen LogP contribution is 2.22.